The normalized spacial score (nSPS) is 43.9. The Hall–Kier alpha value is -0.0400. The summed E-state index contributed by atoms with van der Waals surface area (Å²) in [6.07, 6.45) is 12.0. The SMILES string of the molecule is NCCC1(C2CC3CCC2C3)CCC1. The summed E-state index contributed by atoms with van der Waals surface area (Å²) in [5.74, 6) is 3.30. The molecule has 3 rings (SSSR count). The van der Waals surface area contributed by atoms with Crippen LogP contribution in [-0.2, 0) is 0 Å². The van der Waals surface area contributed by atoms with Crippen molar-refractivity contribution in [2.24, 2.45) is 28.9 Å². The van der Waals surface area contributed by atoms with Gasteiger partial charge >= 0.3 is 0 Å². The first kappa shape index (κ1) is 9.21. The van der Waals surface area contributed by atoms with Gasteiger partial charge in [-0.1, -0.05) is 12.8 Å². The van der Waals surface area contributed by atoms with Crippen LogP contribution in [-0.4, -0.2) is 6.54 Å². The highest BCUT2D eigenvalue weighted by Gasteiger charge is 2.52. The van der Waals surface area contributed by atoms with E-state index in [1.807, 2.05) is 0 Å². The second kappa shape index (κ2) is 3.23. The summed E-state index contributed by atoms with van der Waals surface area (Å²) in [6, 6.07) is 0. The molecule has 0 aromatic carbocycles. The zero-order chi connectivity index (χ0) is 9.60. The Bertz CT molecular complexity index is 219. The maximum atomic E-state index is 5.79. The molecule has 2 N–H and O–H groups in total. The van der Waals surface area contributed by atoms with Gasteiger partial charge < -0.3 is 5.73 Å². The van der Waals surface area contributed by atoms with E-state index >= 15 is 0 Å². The topological polar surface area (TPSA) is 26.0 Å². The molecular weight excluding hydrogens is 170 g/mol. The van der Waals surface area contributed by atoms with Crippen LogP contribution in [0.15, 0.2) is 0 Å². The lowest BCUT2D eigenvalue weighted by atomic mass is 9.55. The predicted molar refractivity (Wildman–Crippen MR) is 58.9 cm³/mol. The van der Waals surface area contributed by atoms with Crippen molar-refractivity contribution in [3.8, 4) is 0 Å². The third kappa shape index (κ3) is 1.18. The van der Waals surface area contributed by atoms with Crippen LogP contribution in [0, 0.1) is 23.2 Å². The number of rotatable bonds is 3. The molecular formula is C13H23N. The van der Waals surface area contributed by atoms with Crippen molar-refractivity contribution in [3.63, 3.8) is 0 Å². The number of nitrogens with two attached hydrogens (primary N) is 1. The van der Waals surface area contributed by atoms with Gasteiger partial charge in [0.15, 0.2) is 0 Å². The highest BCUT2D eigenvalue weighted by molar-refractivity contribution is 5.02. The van der Waals surface area contributed by atoms with Crippen LogP contribution >= 0.6 is 0 Å². The predicted octanol–water partition coefficient (Wildman–Crippen LogP) is 2.94. The minimum atomic E-state index is 0.731. The Morgan fingerprint density at radius 1 is 1.14 bits per heavy atom. The van der Waals surface area contributed by atoms with Crippen molar-refractivity contribution in [2.75, 3.05) is 6.54 Å². The molecule has 0 aromatic rings. The fourth-order valence-electron chi connectivity index (χ4n) is 4.72. The average Bonchev–Trinajstić information content (AvgIpc) is 2.72. The zero-order valence-electron chi connectivity index (χ0n) is 9.17. The third-order valence-electron chi connectivity index (χ3n) is 5.52. The van der Waals surface area contributed by atoms with Crippen molar-refractivity contribution >= 4 is 0 Å². The standard InChI is InChI=1S/C13H23N/c14-7-6-13(4-1-5-13)12-9-10-2-3-11(12)8-10/h10-12H,1-9,14H2. The van der Waals surface area contributed by atoms with E-state index in [0.717, 1.165) is 29.7 Å². The van der Waals surface area contributed by atoms with Gasteiger partial charge in [-0.3, -0.25) is 0 Å². The average molecular weight is 193 g/mol. The first-order valence-electron chi connectivity index (χ1n) is 6.54. The summed E-state index contributed by atoms with van der Waals surface area (Å²) in [6.45, 7) is 0.924. The van der Waals surface area contributed by atoms with Crippen molar-refractivity contribution in [2.45, 2.75) is 51.4 Å². The summed E-state index contributed by atoms with van der Waals surface area (Å²) in [7, 11) is 0. The molecule has 14 heavy (non-hydrogen) atoms. The minimum Gasteiger partial charge on any atom is -0.330 e. The maximum absolute atomic E-state index is 5.79. The van der Waals surface area contributed by atoms with E-state index in [2.05, 4.69) is 0 Å². The number of hydrogen-bond donors (Lipinski definition) is 1. The quantitative estimate of drug-likeness (QED) is 0.732. The van der Waals surface area contributed by atoms with Crippen LogP contribution in [0.3, 0.4) is 0 Å². The summed E-state index contributed by atoms with van der Waals surface area (Å²) in [5.41, 5.74) is 6.52. The maximum Gasteiger partial charge on any atom is -0.00719 e. The van der Waals surface area contributed by atoms with Gasteiger partial charge in [0.25, 0.3) is 0 Å². The second-order valence-electron chi connectivity index (χ2n) is 6.04. The molecule has 3 fully saturated rings. The third-order valence-corrected chi connectivity index (χ3v) is 5.52. The van der Waals surface area contributed by atoms with Gasteiger partial charge in [0.2, 0.25) is 0 Å². The van der Waals surface area contributed by atoms with E-state index in [-0.39, 0.29) is 0 Å². The molecule has 0 radical (unpaired) electrons. The molecule has 1 heteroatoms. The lowest BCUT2D eigenvalue weighted by molar-refractivity contribution is 0.00888. The summed E-state index contributed by atoms with van der Waals surface area (Å²) in [4.78, 5) is 0. The van der Waals surface area contributed by atoms with E-state index in [0.29, 0.717) is 0 Å². The molecule has 3 atom stereocenters. The van der Waals surface area contributed by atoms with Gasteiger partial charge in [-0.25, -0.2) is 0 Å². The van der Waals surface area contributed by atoms with E-state index < -0.39 is 0 Å². The lowest BCUT2D eigenvalue weighted by Gasteiger charge is -2.50. The van der Waals surface area contributed by atoms with Gasteiger partial charge in [0.05, 0.1) is 0 Å². The van der Waals surface area contributed by atoms with Crippen molar-refractivity contribution in [3.05, 3.63) is 0 Å². The van der Waals surface area contributed by atoms with Gasteiger partial charge in [-0.15, -0.1) is 0 Å². The highest BCUT2D eigenvalue weighted by Crippen LogP contribution is 2.62. The Morgan fingerprint density at radius 3 is 2.43 bits per heavy atom. The van der Waals surface area contributed by atoms with Crippen LogP contribution in [0.2, 0.25) is 0 Å². The van der Waals surface area contributed by atoms with Gasteiger partial charge in [-0.2, -0.15) is 0 Å². The first-order chi connectivity index (χ1) is 6.84. The van der Waals surface area contributed by atoms with Crippen LogP contribution in [0.4, 0.5) is 0 Å². The van der Waals surface area contributed by atoms with E-state index in [9.17, 15) is 0 Å². The zero-order valence-corrected chi connectivity index (χ0v) is 9.17. The molecule has 0 aromatic heterocycles. The van der Waals surface area contributed by atoms with Crippen molar-refractivity contribution < 1.29 is 0 Å². The largest absolute Gasteiger partial charge is 0.330 e. The molecule has 1 nitrogen and oxygen atoms in total. The van der Waals surface area contributed by atoms with Crippen LogP contribution in [0.5, 0.6) is 0 Å². The van der Waals surface area contributed by atoms with Gasteiger partial charge in [-0.05, 0) is 68.2 Å². The summed E-state index contributed by atoms with van der Waals surface area (Å²) >= 11 is 0. The fourth-order valence-corrected chi connectivity index (χ4v) is 4.72. The molecule has 0 saturated heterocycles. The van der Waals surface area contributed by atoms with Gasteiger partial charge in [0, 0.05) is 0 Å². The fraction of sp³-hybridized carbons (Fsp3) is 1.00. The molecule has 3 aliphatic carbocycles. The minimum absolute atomic E-state index is 0.731. The smallest absolute Gasteiger partial charge is 0.00719 e. The van der Waals surface area contributed by atoms with Crippen molar-refractivity contribution in [1.82, 2.24) is 0 Å². The number of hydrogen-bond acceptors (Lipinski definition) is 1. The highest BCUT2D eigenvalue weighted by atomic mass is 14.6. The Kier molecular flexibility index (Phi) is 2.12. The number of fused-ring (bicyclic) bond motifs is 2. The van der Waals surface area contributed by atoms with Crippen molar-refractivity contribution in [1.29, 1.82) is 0 Å². The van der Waals surface area contributed by atoms with Crippen LogP contribution < -0.4 is 5.73 Å². The second-order valence-corrected chi connectivity index (χ2v) is 6.04. The van der Waals surface area contributed by atoms with E-state index in [1.165, 1.54) is 25.7 Å². The molecule has 0 heterocycles. The van der Waals surface area contributed by atoms with Crippen LogP contribution in [0.25, 0.3) is 0 Å². The van der Waals surface area contributed by atoms with E-state index in [4.69, 9.17) is 5.73 Å². The van der Waals surface area contributed by atoms with Crippen LogP contribution in [0.1, 0.15) is 51.4 Å². The molecule has 0 spiro atoms. The first-order valence-corrected chi connectivity index (χ1v) is 6.54. The molecule has 3 saturated carbocycles. The van der Waals surface area contributed by atoms with Gasteiger partial charge in [0.1, 0.15) is 0 Å². The van der Waals surface area contributed by atoms with E-state index in [1.54, 1.807) is 25.7 Å². The lowest BCUT2D eigenvalue weighted by Crippen LogP contribution is -2.41. The summed E-state index contributed by atoms with van der Waals surface area (Å²) in [5, 5.41) is 0. The molecule has 3 unspecified atom stereocenters. The Morgan fingerprint density at radius 2 is 2.00 bits per heavy atom. The molecule has 80 valence electrons. The Balaban J connectivity index is 1.74. The summed E-state index contributed by atoms with van der Waals surface area (Å²) < 4.78 is 0. The Labute approximate surface area is 87.4 Å². The molecule has 0 aliphatic heterocycles. The molecule has 0 amide bonds. The monoisotopic (exact) mass is 193 g/mol. The molecule has 2 bridgehead atoms. The molecule has 3 aliphatic rings.